The van der Waals surface area contributed by atoms with Gasteiger partial charge in [-0.15, -0.1) is 0 Å². The quantitative estimate of drug-likeness (QED) is 0.547. The van der Waals surface area contributed by atoms with Crippen molar-refractivity contribution in [2.45, 2.75) is 44.4 Å². The van der Waals surface area contributed by atoms with E-state index in [0.717, 1.165) is 23.3 Å². The van der Waals surface area contributed by atoms with Gasteiger partial charge >= 0.3 is 6.18 Å². The number of nitrogens with zero attached hydrogens (tertiary/aromatic N) is 4. The molecular formula is C23H25F3N6O2. The number of rotatable bonds is 7. The molecule has 34 heavy (non-hydrogen) atoms. The van der Waals surface area contributed by atoms with Gasteiger partial charge in [0.2, 0.25) is 17.8 Å². The van der Waals surface area contributed by atoms with Crippen LogP contribution in [0.4, 0.5) is 19.1 Å². The van der Waals surface area contributed by atoms with Gasteiger partial charge in [-0.25, -0.2) is 9.97 Å². The fraction of sp³-hybridized carbons (Fsp3) is 0.391. The average molecular weight is 474 g/mol. The number of carbonyl (C=O) groups is 2. The number of alkyl halides is 3. The van der Waals surface area contributed by atoms with Gasteiger partial charge in [0.05, 0.1) is 5.56 Å². The second-order valence-electron chi connectivity index (χ2n) is 8.35. The molecule has 4 rings (SSSR count). The van der Waals surface area contributed by atoms with Crippen molar-refractivity contribution in [2.75, 3.05) is 18.0 Å². The zero-order valence-corrected chi connectivity index (χ0v) is 18.4. The molecule has 11 heteroatoms. The normalized spacial score (nSPS) is 15.0. The summed E-state index contributed by atoms with van der Waals surface area (Å²) in [6, 6.07) is 7.25. The van der Waals surface area contributed by atoms with Gasteiger partial charge in [-0.05, 0) is 42.8 Å². The fourth-order valence-electron chi connectivity index (χ4n) is 4.10. The lowest BCUT2D eigenvalue weighted by atomic mass is 10.0. The molecule has 0 aliphatic carbocycles. The van der Waals surface area contributed by atoms with Crippen LogP contribution in [0, 0.1) is 0 Å². The number of hydrogen-bond acceptors (Lipinski definition) is 5. The molecule has 0 unspecified atom stereocenters. The Morgan fingerprint density at radius 3 is 2.47 bits per heavy atom. The highest BCUT2D eigenvalue weighted by Gasteiger charge is 2.32. The monoisotopic (exact) mass is 474 g/mol. The summed E-state index contributed by atoms with van der Waals surface area (Å²) in [4.78, 5) is 33.3. The first-order valence-corrected chi connectivity index (χ1v) is 11.0. The lowest BCUT2D eigenvalue weighted by Crippen LogP contribution is -2.45. The third kappa shape index (κ3) is 5.46. The highest BCUT2D eigenvalue weighted by atomic mass is 19.4. The molecule has 1 aromatic carbocycles. The average Bonchev–Trinajstić information content (AvgIpc) is 3.21. The van der Waals surface area contributed by atoms with Crippen molar-refractivity contribution >= 4 is 28.7 Å². The van der Waals surface area contributed by atoms with E-state index >= 15 is 0 Å². The van der Waals surface area contributed by atoms with Crippen LogP contribution in [-0.4, -0.2) is 45.5 Å². The maximum Gasteiger partial charge on any atom is 0.419 e. The van der Waals surface area contributed by atoms with Gasteiger partial charge in [-0.3, -0.25) is 9.59 Å². The van der Waals surface area contributed by atoms with Gasteiger partial charge in [0.25, 0.3) is 0 Å². The summed E-state index contributed by atoms with van der Waals surface area (Å²) in [6.45, 7) is 1.73. The molecule has 3 heterocycles. The molecule has 0 atom stereocenters. The summed E-state index contributed by atoms with van der Waals surface area (Å²) in [5, 5.41) is 4.03. The van der Waals surface area contributed by atoms with Crippen LogP contribution in [0.3, 0.4) is 0 Å². The number of hydrogen-bond donors (Lipinski definition) is 2. The van der Waals surface area contributed by atoms with Crippen molar-refractivity contribution in [3.63, 3.8) is 0 Å². The first kappa shape index (κ1) is 23.5. The lowest BCUT2D eigenvalue weighted by molar-refractivity contribution is -0.138. The number of halogens is 3. The van der Waals surface area contributed by atoms with Crippen LogP contribution in [0.2, 0.25) is 0 Å². The minimum atomic E-state index is -4.46. The number of aromatic nitrogens is 3. The van der Waals surface area contributed by atoms with E-state index in [1.165, 1.54) is 0 Å². The van der Waals surface area contributed by atoms with Crippen LogP contribution < -0.4 is 16.0 Å². The van der Waals surface area contributed by atoms with Crippen molar-refractivity contribution in [1.82, 2.24) is 19.9 Å². The van der Waals surface area contributed by atoms with Crippen LogP contribution >= 0.6 is 0 Å². The zero-order valence-electron chi connectivity index (χ0n) is 18.4. The number of anilines is 1. The van der Waals surface area contributed by atoms with E-state index < -0.39 is 17.6 Å². The van der Waals surface area contributed by atoms with Crippen LogP contribution in [-0.2, 0) is 17.5 Å². The Balaban J connectivity index is 1.22. The van der Waals surface area contributed by atoms with Gasteiger partial charge in [-0.2, -0.15) is 13.2 Å². The smallest absolute Gasteiger partial charge is 0.366 e. The minimum Gasteiger partial charge on any atom is -0.366 e. The van der Waals surface area contributed by atoms with E-state index in [-0.39, 0.29) is 17.9 Å². The number of piperidine rings is 1. The van der Waals surface area contributed by atoms with Gasteiger partial charge < -0.3 is 20.5 Å². The van der Waals surface area contributed by atoms with Crippen LogP contribution in [0.25, 0.3) is 10.9 Å². The number of primary amides is 1. The molecule has 1 aliphatic rings. The van der Waals surface area contributed by atoms with Crippen LogP contribution in [0.15, 0.2) is 42.9 Å². The molecule has 2 aromatic heterocycles. The summed E-state index contributed by atoms with van der Waals surface area (Å²) in [5.41, 5.74) is 5.83. The molecule has 3 aromatic rings. The predicted octanol–water partition coefficient (Wildman–Crippen LogP) is 3.11. The van der Waals surface area contributed by atoms with Crippen molar-refractivity contribution in [3.05, 3.63) is 54.0 Å². The fourth-order valence-corrected chi connectivity index (χ4v) is 4.10. The Morgan fingerprint density at radius 2 is 1.82 bits per heavy atom. The number of aryl methyl sites for hydroxylation is 1. The Hall–Kier alpha value is -3.63. The molecular weight excluding hydrogens is 449 g/mol. The first-order chi connectivity index (χ1) is 16.2. The summed E-state index contributed by atoms with van der Waals surface area (Å²) >= 11 is 0. The number of nitrogens with two attached hydrogens (primary N) is 1. The van der Waals surface area contributed by atoms with Crippen molar-refractivity contribution in [1.29, 1.82) is 0 Å². The maximum atomic E-state index is 12.7. The Kier molecular flexibility index (Phi) is 6.71. The Labute approximate surface area is 194 Å². The Morgan fingerprint density at radius 1 is 1.12 bits per heavy atom. The molecule has 2 amide bonds. The molecule has 1 saturated heterocycles. The molecule has 0 saturated carbocycles. The van der Waals surface area contributed by atoms with Crippen LogP contribution in [0.1, 0.15) is 41.6 Å². The molecule has 8 nitrogen and oxygen atoms in total. The van der Waals surface area contributed by atoms with E-state index in [0.29, 0.717) is 50.9 Å². The summed E-state index contributed by atoms with van der Waals surface area (Å²) in [5.74, 6) is -0.264. The van der Waals surface area contributed by atoms with E-state index in [1.54, 1.807) is 12.1 Å². The molecule has 3 N–H and O–H groups in total. The first-order valence-electron chi connectivity index (χ1n) is 11.0. The highest BCUT2D eigenvalue weighted by molar-refractivity contribution is 5.97. The molecule has 1 aliphatic heterocycles. The number of amides is 2. The largest absolute Gasteiger partial charge is 0.419 e. The second kappa shape index (κ2) is 9.70. The molecule has 180 valence electrons. The van der Waals surface area contributed by atoms with Crippen molar-refractivity contribution in [3.8, 4) is 0 Å². The predicted molar refractivity (Wildman–Crippen MR) is 120 cm³/mol. The van der Waals surface area contributed by atoms with Crippen LogP contribution in [0.5, 0.6) is 0 Å². The van der Waals surface area contributed by atoms with E-state index in [4.69, 9.17) is 5.73 Å². The van der Waals surface area contributed by atoms with Gasteiger partial charge in [-0.1, -0.05) is 6.07 Å². The third-order valence-corrected chi connectivity index (χ3v) is 5.97. The zero-order chi connectivity index (χ0) is 24.3. The summed E-state index contributed by atoms with van der Waals surface area (Å²) < 4.78 is 40.0. The van der Waals surface area contributed by atoms with Crippen molar-refractivity contribution in [2.24, 2.45) is 5.73 Å². The molecule has 1 fully saturated rings. The third-order valence-electron chi connectivity index (χ3n) is 5.97. The number of carbonyl (C=O) groups excluding carboxylic acids is 2. The molecule has 0 spiro atoms. The summed E-state index contributed by atoms with van der Waals surface area (Å²) in [7, 11) is 0. The Bertz CT molecular complexity index is 1170. The minimum absolute atomic E-state index is 0.00346. The number of benzene rings is 1. The SMILES string of the molecule is NC(=O)c1ccc2ccn(CCCC(=O)NC3CCN(c4ncc(C(F)(F)F)cn4)CC3)c2c1. The standard InChI is InChI=1S/C23H25F3N6O2/c24-23(25,26)17-13-28-22(29-14-17)32-10-6-18(7-11-32)30-20(33)2-1-8-31-9-5-15-3-4-16(21(27)34)12-19(15)31/h3-5,9,12-14,18H,1-2,6-8,10-11H2,(H2,27,34)(H,30,33). The summed E-state index contributed by atoms with van der Waals surface area (Å²) in [6.07, 6.45) is 1.36. The van der Waals surface area contributed by atoms with E-state index in [1.807, 2.05) is 27.8 Å². The van der Waals surface area contributed by atoms with E-state index in [9.17, 15) is 22.8 Å². The van der Waals surface area contributed by atoms with Gasteiger partial charge in [0.1, 0.15) is 0 Å². The van der Waals surface area contributed by atoms with E-state index in [2.05, 4.69) is 15.3 Å². The topological polar surface area (TPSA) is 106 Å². The lowest BCUT2D eigenvalue weighted by Gasteiger charge is -2.32. The number of nitrogens with one attached hydrogen (secondary N) is 1. The van der Waals surface area contributed by atoms with Crippen molar-refractivity contribution < 1.29 is 22.8 Å². The maximum absolute atomic E-state index is 12.7. The van der Waals surface area contributed by atoms with Gasteiger partial charge in [0.15, 0.2) is 0 Å². The van der Waals surface area contributed by atoms with Gasteiger partial charge in [0, 0.05) is 61.8 Å². The second-order valence-corrected chi connectivity index (χ2v) is 8.35. The number of fused-ring (bicyclic) bond motifs is 1. The molecule has 0 radical (unpaired) electrons. The highest BCUT2D eigenvalue weighted by Crippen LogP contribution is 2.28. The molecule has 0 bridgehead atoms.